The SMILES string of the molecule is CCCC(C(=O)OC(C)(C)C)N1CC(O)CC1=O. The highest BCUT2D eigenvalue weighted by molar-refractivity contribution is 5.86. The van der Waals surface area contributed by atoms with E-state index < -0.39 is 17.7 Å². The number of carbonyl (C=O) groups excluding carboxylic acids is 2. The van der Waals surface area contributed by atoms with E-state index in [0.29, 0.717) is 6.42 Å². The van der Waals surface area contributed by atoms with Crippen LogP contribution in [0.2, 0.25) is 0 Å². The lowest BCUT2D eigenvalue weighted by Crippen LogP contribution is -2.45. The monoisotopic (exact) mass is 257 g/mol. The molecule has 1 rings (SSSR count). The number of amides is 1. The summed E-state index contributed by atoms with van der Waals surface area (Å²) in [5.74, 6) is -0.557. The highest BCUT2D eigenvalue weighted by Crippen LogP contribution is 2.20. The van der Waals surface area contributed by atoms with E-state index in [9.17, 15) is 14.7 Å². The first kappa shape index (κ1) is 15.0. The van der Waals surface area contributed by atoms with Gasteiger partial charge in [-0.2, -0.15) is 0 Å². The van der Waals surface area contributed by atoms with Crippen LogP contribution in [0.1, 0.15) is 47.0 Å². The quantitative estimate of drug-likeness (QED) is 0.766. The number of likely N-dealkylation sites (tertiary alicyclic amines) is 1. The minimum atomic E-state index is -0.667. The summed E-state index contributed by atoms with van der Waals surface area (Å²) in [4.78, 5) is 25.3. The molecule has 18 heavy (non-hydrogen) atoms. The summed E-state index contributed by atoms with van der Waals surface area (Å²) in [6.07, 6.45) is 0.777. The van der Waals surface area contributed by atoms with E-state index in [0.717, 1.165) is 6.42 Å². The van der Waals surface area contributed by atoms with Gasteiger partial charge in [0.1, 0.15) is 11.6 Å². The van der Waals surface area contributed by atoms with Crippen LogP contribution in [0.25, 0.3) is 0 Å². The Kier molecular flexibility index (Phi) is 4.73. The van der Waals surface area contributed by atoms with Crippen LogP contribution in [0.3, 0.4) is 0 Å². The van der Waals surface area contributed by atoms with Crippen molar-refractivity contribution >= 4 is 11.9 Å². The highest BCUT2D eigenvalue weighted by atomic mass is 16.6. The number of esters is 1. The molecule has 5 heteroatoms. The van der Waals surface area contributed by atoms with Gasteiger partial charge in [0, 0.05) is 6.54 Å². The average Bonchev–Trinajstić information content (AvgIpc) is 2.51. The Morgan fingerprint density at radius 3 is 2.56 bits per heavy atom. The van der Waals surface area contributed by atoms with Gasteiger partial charge in [-0.3, -0.25) is 4.79 Å². The summed E-state index contributed by atoms with van der Waals surface area (Å²) in [5.41, 5.74) is -0.565. The first-order chi connectivity index (χ1) is 8.24. The van der Waals surface area contributed by atoms with Crippen LogP contribution < -0.4 is 0 Å². The van der Waals surface area contributed by atoms with Gasteiger partial charge >= 0.3 is 5.97 Å². The molecule has 1 fully saturated rings. The molecule has 1 aliphatic rings. The van der Waals surface area contributed by atoms with Crippen molar-refractivity contribution in [1.29, 1.82) is 0 Å². The van der Waals surface area contributed by atoms with Crippen LogP contribution in [0.5, 0.6) is 0 Å². The zero-order valence-electron chi connectivity index (χ0n) is 11.6. The lowest BCUT2D eigenvalue weighted by atomic mass is 10.1. The van der Waals surface area contributed by atoms with Gasteiger partial charge in [0.05, 0.1) is 12.5 Å². The number of hydrogen-bond acceptors (Lipinski definition) is 4. The van der Waals surface area contributed by atoms with E-state index in [4.69, 9.17) is 4.74 Å². The second-order valence-corrected chi connectivity index (χ2v) is 5.74. The topological polar surface area (TPSA) is 66.8 Å². The van der Waals surface area contributed by atoms with Crippen molar-refractivity contribution < 1.29 is 19.4 Å². The molecule has 0 aliphatic carbocycles. The summed E-state index contributed by atoms with van der Waals surface area (Å²) < 4.78 is 5.33. The van der Waals surface area contributed by atoms with Crippen LogP contribution >= 0.6 is 0 Å². The van der Waals surface area contributed by atoms with Crippen molar-refractivity contribution in [3.05, 3.63) is 0 Å². The predicted molar refractivity (Wildman–Crippen MR) is 66.9 cm³/mol. The second-order valence-electron chi connectivity index (χ2n) is 5.74. The van der Waals surface area contributed by atoms with Crippen LogP contribution in [-0.2, 0) is 14.3 Å². The molecule has 2 unspecified atom stereocenters. The smallest absolute Gasteiger partial charge is 0.329 e. The molecule has 0 spiro atoms. The number of ether oxygens (including phenoxy) is 1. The van der Waals surface area contributed by atoms with Gasteiger partial charge in [-0.05, 0) is 27.2 Å². The van der Waals surface area contributed by atoms with Gasteiger partial charge in [0.15, 0.2) is 0 Å². The van der Waals surface area contributed by atoms with Crippen molar-refractivity contribution in [1.82, 2.24) is 4.90 Å². The van der Waals surface area contributed by atoms with Gasteiger partial charge < -0.3 is 14.7 Å². The largest absolute Gasteiger partial charge is 0.458 e. The summed E-state index contributed by atoms with van der Waals surface area (Å²) in [6.45, 7) is 7.58. The Bertz CT molecular complexity index is 321. The second kappa shape index (κ2) is 5.69. The highest BCUT2D eigenvalue weighted by Gasteiger charge is 2.38. The predicted octanol–water partition coefficient (Wildman–Crippen LogP) is 1.09. The molecular weight excluding hydrogens is 234 g/mol. The van der Waals surface area contributed by atoms with Crippen molar-refractivity contribution in [2.45, 2.75) is 64.7 Å². The fourth-order valence-electron chi connectivity index (χ4n) is 2.06. The molecule has 5 nitrogen and oxygen atoms in total. The molecule has 2 atom stereocenters. The van der Waals surface area contributed by atoms with Crippen molar-refractivity contribution in [3.8, 4) is 0 Å². The number of hydrogen-bond donors (Lipinski definition) is 1. The standard InChI is InChI=1S/C13H23NO4/c1-5-6-10(12(17)18-13(2,3)4)14-8-9(15)7-11(14)16/h9-10,15H,5-8H2,1-4H3. The number of nitrogens with zero attached hydrogens (tertiary/aromatic N) is 1. The summed E-state index contributed by atoms with van der Waals surface area (Å²) in [5, 5.41) is 9.49. The van der Waals surface area contributed by atoms with E-state index in [1.165, 1.54) is 4.90 Å². The molecule has 0 aromatic heterocycles. The fraction of sp³-hybridized carbons (Fsp3) is 0.846. The van der Waals surface area contributed by atoms with Gasteiger partial charge in [-0.15, -0.1) is 0 Å². The molecule has 0 bridgehead atoms. The number of carbonyl (C=O) groups is 2. The fourth-order valence-corrected chi connectivity index (χ4v) is 2.06. The molecule has 1 aliphatic heterocycles. The third-order valence-corrected chi connectivity index (χ3v) is 2.76. The maximum Gasteiger partial charge on any atom is 0.329 e. The summed E-state index contributed by atoms with van der Waals surface area (Å²) in [6, 6.07) is -0.570. The van der Waals surface area contributed by atoms with Crippen LogP contribution in [0, 0.1) is 0 Å². The Morgan fingerprint density at radius 1 is 1.56 bits per heavy atom. The molecule has 104 valence electrons. The zero-order valence-corrected chi connectivity index (χ0v) is 11.6. The van der Waals surface area contributed by atoms with Gasteiger partial charge in [0.25, 0.3) is 0 Å². The minimum Gasteiger partial charge on any atom is -0.458 e. The van der Waals surface area contributed by atoms with Gasteiger partial charge in [-0.1, -0.05) is 13.3 Å². The van der Waals surface area contributed by atoms with E-state index in [1.54, 1.807) is 20.8 Å². The third-order valence-electron chi connectivity index (χ3n) is 2.76. The van der Waals surface area contributed by atoms with Crippen molar-refractivity contribution in [2.75, 3.05) is 6.54 Å². The maximum atomic E-state index is 12.1. The molecule has 1 amide bonds. The van der Waals surface area contributed by atoms with Gasteiger partial charge in [-0.25, -0.2) is 4.79 Å². The first-order valence-corrected chi connectivity index (χ1v) is 6.45. The van der Waals surface area contributed by atoms with E-state index in [2.05, 4.69) is 0 Å². The van der Waals surface area contributed by atoms with E-state index in [1.807, 2.05) is 6.92 Å². The number of aliphatic hydroxyl groups is 1. The zero-order chi connectivity index (χ0) is 13.9. The van der Waals surface area contributed by atoms with Crippen molar-refractivity contribution in [3.63, 3.8) is 0 Å². The molecule has 1 N–H and O–H groups in total. The first-order valence-electron chi connectivity index (χ1n) is 6.45. The lowest BCUT2D eigenvalue weighted by molar-refractivity contribution is -0.164. The number of rotatable bonds is 4. The van der Waals surface area contributed by atoms with Gasteiger partial charge in [0.2, 0.25) is 5.91 Å². The number of aliphatic hydroxyl groups excluding tert-OH is 1. The Morgan fingerprint density at radius 2 is 2.17 bits per heavy atom. The Labute approximate surface area is 108 Å². The Hall–Kier alpha value is -1.10. The average molecular weight is 257 g/mol. The normalized spacial score (nSPS) is 22.2. The molecule has 0 radical (unpaired) electrons. The van der Waals surface area contributed by atoms with Crippen LogP contribution in [0.4, 0.5) is 0 Å². The number of β-amino-alcohol motifs (C(OH)–C–C–N with tert-alkyl or cyclic N) is 1. The van der Waals surface area contributed by atoms with Crippen LogP contribution in [0.15, 0.2) is 0 Å². The molecule has 0 aromatic carbocycles. The molecule has 0 aromatic rings. The molecule has 1 heterocycles. The third kappa shape index (κ3) is 3.98. The maximum absolute atomic E-state index is 12.1. The van der Waals surface area contributed by atoms with Crippen molar-refractivity contribution in [2.24, 2.45) is 0 Å². The molecular formula is C13H23NO4. The molecule has 1 saturated heterocycles. The van der Waals surface area contributed by atoms with Crippen LogP contribution in [-0.4, -0.2) is 46.2 Å². The van der Waals surface area contributed by atoms with E-state index >= 15 is 0 Å². The van der Waals surface area contributed by atoms with E-state index in [-0.39, 0.29) is 24.8 Å². The summed E-state index contributed by atoms with van der Waals surface area (Å²) in [7, 11) is 0. The minimum absolute atomic E-state index is 0.100. The lowest BCUT2D eigenvalue weighted by Gasteiger charge is -2.29. The Balaban J connectivity index is 2.76. The summed E-state index contributed by atoms with van der Waals surface area (Å²) >= 11 is 0. The molecule has 0 saturated carbocycles.